The van der Waals surface area contributed by atoms with E-state index in [4.69, 9.17) is 23.8 Å². The van der Waals surface area contributed by atoms with E-state index in [1.807, 2.05) is 0 Å². The predicted octanol–water partition coefficient (Wildman–Crippen LogP) is 3.98. The van der Waals surface area contributed by atoms with E-state index in [0.717, 1.165) is 0 Å². The number of esters is 3. The number of nitrogens with zero attached hydrogens (tertiary/aromatic N) is 1. The van der Waals surface area contributed by atoms with Gasteiger partial charge in [-0.1, -0.05) is 54.6 Å². The van der Waals surface area contributed by atoms with Gasteiger partial charge in [0.15, 0.2) is 6.10 Å². The van der Waals surface area contributed by atoms with Crippen molar-refractivity contribution in [2.24, 2.45) is 5.92 Å². The van der Waals surface area contributed by atoms with Crippen LogP contribution in [0.2, 0.25) is 0 Å². The summed E-state index contributed by atoms with van der Waals surface area (Å²) in [7, 11) is 0. The largest absolute Gasteiger partial charge is 0.462 e. The van der Waals surface area contributed by atoms with Crippen LogP contribution >= 0.6 is 0 Å². The lowest BCUT2D eigenvalue weighted by atomic mass is 9.79. The highest BCUT2D eigenvalue weighted by Gasteiger charge is 2.51. The van der Waals surface area contributed by atoms with Gasteiger partial charge in [0.2, 0.25) is 5.91 Å². The van der Waals surface area contributed by atoms with Gasteiger partial charge in [0.1, 0.15) is 6.10 Å². The first-order chi connectivity index (χ1) is 25.6. The fraction of sp³-hybridized carbons (Fsp3) is 0.359. The number of carbonyl (C=O) groups excluding carboxylic acids is 7. The third-order valence-electron chi connectivity index (χ3n) is 8.70. The molecule has 5 atom stereocenters. The van der Waals surface area contributed by atoms with Crippen LogP contribution in [0.4, 0.5) is 0 Å². The van der Waals surface area contributed by atoms with Gasteiger partial charge in [0.25, 0.3) is 11.8 Å². The second kappa shape index (κ2) is 18.6. The Labute approximate surface area is 305 Å². The third-order valence-corrected chi connectivity index (χ3v) is 8.70. The molecular weight excluding hydrogens is 688 g/mol. The monoisotopic (exact) mass is 728 g/mol. The summed E-state index contributed by atoms with van der Waals surface area (Å²) in [6, 6.07) is 23.6. The maximum Gasteiger partial charge on any atom is 0.338 e. The number of hydrogen-bond donors (Lipinski definition) is 1. The molecule has 2 fully saturated rings. The third kappa shape index (κ3) is 10.6. The molecule has 1 heterocycles. The molecule has 1 N–H and O–H groups in total. The van der Waals surface area contributed by atoms with E-state index in [0.29, 0.717) is 17.0 Å². The smallest absolute Gasteiger partial charge is 0.338 e. The van der Waals surface area contributed by atoms with E-state index in [-0.39, 0.29) is 56.4 Å². The van der Waals surface area contributed by atoms with Gasteiger partial charge >= 0.3 is 23.9 Å². The number of carbonyl (C=O) groups is 7. The van der Waals surface area contributed by atoms with E-state index in [2.05, 4.69) is 5.32 Å². The molecule has 14 heteroatoms. The number of nitrogens with one attached hydrogen (secondary N) is 1. The fourth-order valence-corrected chi connectivity index (χ4v) is 6.09. The molecule has 53 heavy (non-hydrogen) atoms. The van der Waals surface area contributed by atoms with Crippen molar-refractivity contribution in [2.75, 3.05) is 13.2 Å². The molecule has 2 aliphatic rings. The molecule has 0 aromatic heterocycles. The number of benzene rings is 3. The number of ether oxygens (including phenoxy) is 4. The second-order valence-corrected chi connectivity index (χ2v) is 12.6. The number of hydroxylamine groups is 2. The Balaban J connectivity index is 1.37. The summed E-state index contributed by atoms with van der Waals surface area (Å²) < 4.78 is 24.1. The van der Waals surface area contributed by atoms with Gasteiger partial charge in [-0.2, -0.15) is 0 Å². The van der Waals surface area contributed by atoms with Crippen molar-refractivity contribution in [3.8, 4) is 0 Å². The van der Waals surface area contributed by atoms with Crippen molar-refractivity contribution in [3.05, 3.63) is 108 Å². The number of imide groups is 1. The van der Waals surface area contributed by atoms with Gasteiger partial charge in [-0.3, -0.25) is 14.4 Å². The maximum atomic E-state index is 13.5. The summed E-state index contributed by atoms with van der Waals surface area (Å²) in [5.41, 5.74) is 0.739. The number of hydrogen-bond acceptors (Lipinski definition) is 12. The number of amides is 3. The normalized spacial score (nSPS) is 21.0. The minimum atomic E-state index is -1.30. The Morgan fingerprint density at radius 1 is 0.698 bits per heavy atom. The van der Waals surface area contributed by atoms with Gasteiger partial charge in [-0.25, -0.2) is 19.2 Å². The zero-order valence-electron chi connectivity index (χ0n) is 29.1. The van der Waals surface area contributed by atoms with Crippen LogP contribution in [0, 0.1) is 5.92 Å². The molecular formula is C39H40N2O12. The fourth-order valence-electron chi connectivity index (χ4n) is 6.09. The molecule has 278 valence electrons. The summed E-state index contributed by atoms with van der Waals surface area (Å²) in [5.74, 6) is -5.24. The minimum absolute atomic E-state index is 0.0166. The van der Waals surface area contributed by atoms with Crippen molar-refractivity contribution in [2.45, 2.75) is 69.8 Å². The molecule has 1 saturated heterocycles. The molecule has 1 aliphatic carbocycles. The predicted molar refractivity (Wildman–Crippen MR) is 184 cm³/mol. The molecule has 0 bridgehead atoms. The molecule has 3 aromatic rings. The Morgan fingerprint density at radius 2 is 1.21 bits per heavy atom. The van der Waals surface area contributed by atoms with Crippen molar-refractivity contribution in [3.63, 3.8) is 0 Å². The Morgan fingerprint density at radius 3 is 1.74 bits per heavy atom. The topological polar surface area (TPSA) is 181 Å². The highest BCUT2D eigenvalue weighted by atomic mass is 16.7. The van der Waals surface area contributed by atoms with Crippen LogP contribution < -0.4 is 5.32 Å². The van der Waals surface area contributed by atoms with Crippen LogP contribution in [0.25, 0.3) is 0 Å². The molecule has 3 aromatic carbocycles. The van der Waals surface area contributed by atoms with E-state index in [1.165, 1.54) is 6.92 Å². The van der Waals surface area contributed by atoms with Crippen LogP contribution in [-0.2, 0) is 43.0 Å². The Hall–Kier alpha value is -5.89. The molecule has 0 unspecified atom stereocenters. The average molecular weight is 729 g/mol. The van der Waals surface area contributed by atoms with Crippen LogP contribution in [0.3, 0.4) is 0 Å². The first-order valence-corrected chi connectivity index (χ1v) is 17.3. The number of rotatable bonds is 15. The standard InChI is InChI=1S/C39H40N2O12/c1-25(42)40-34-30(49-22-12-11-19-33(45)53-41-31(43)20-21-32(41)44)23-29(24-50-37(46)26-13-5-2-6-14-26)35(51-38(47)27-15-7-3-8-16-27)36(34)52-39(48)28-17-9-4-10-18-28/h2-10,13-18,29-30,34-36H,11-12,19-24H2,1H3,(H,40,42)/t29-,30-,34+,35+,36-/m1/s1. The highest BCUT2D eigenvalue weighted by molar-refractivity contribution is 6.01. The summed E-state index contributed by atoms with van der Waals surface area (Å²) in [6.07, 6.45) is -2.79. The van der Waals surface area contributed by atoms with Gasteiger partial charge in [0.05, 0.1) is 35.4 Å². The second-order valence-electron chi connectivity index (χ2n) is 12.6. The zero-order valence-corrected chi connectivity index (χ0v) is 29.1. The maximum absolute atomic E-state index is 13.5. The summed E-state index contributed by atoms with van der Waals surface area (Å²) in [5, 5.41) is 3.30. The molecule has 1 saturated carbocycles. The number of unbranched alkanes of at least 4 members (excludes halogenated alkanes) is 1. The van der Waals surface area contributed by atoms with E-state index < -0.39 is 71.9 Å². The summed E-state index contributed by atoms with van der Waals surface area (Å²) in [4.78, 5) is 93.5. The Kier molecular flexibility index (Phi) is 13.4. The first kappa shape index (κ1) is 38.3. The van der Waals surface area contributed by atoms with Gasteiger partial charge in [-0.05, 0) is 55.7 Å². The molecule has 5 rings (SSSR count). The van der Waals surface area contributed by atoms with Crippen LogP contribution in [-0.4, -0.2) is 84.2 Å². The van der Waals surface area contributed by atoms with Crippen molar-refractivity contribution >= 4 is 41.6 Å². The van der Waals surface area contributed by atoms with E-state index >= 15 is 0 Å². The zero-order chi connectivity index (χ0) is 37.7. The lowest BCUT2D eigenvalue weighted by molar-refractivity contribution is -0.197. The van der Waals surface area contributed by atoms with E-state index in [9.17, 15) is 33.6 Å². The lowest BCUT2D eigenvalue weighted by Gasteiger charge is -2.45. The lowest BCUT2D eigenvalue weighted by Crippen LogP contribution is -2.64. The SMILES string of the molecule is CC(=O)N[C@@H]1[C@@H](OC(=O)c2ccccc2)[C@@H](OC(=O)c2ccccc2)[C@@H](COC(=O)c2ccccc2)C[C@H]1OCCCCC(=O)ON1C(=O)CCC1=O. The molecule has 14 nitrogen and oxygen atoms in total. The van der Waals surface area contributed by atoms with Gasteiger partial charge in [-0.15, -0.1) is 5.06 Å². The van der Waals surface area contributed by atoms with Gasteiger partial charge in [0, 0.05) is 38.7 Å². The van der Waals surface area contributed by atoms with Crippen LogP contribution in [0.15, 0.2) is 91.0 Å². The van der Waals surface area contributed by atoms with Crippen LogP contribution in [0.1, 0.15) is 76.5 Å². The molecule has 0 spiro atoms. The summed E-state index contributed by atoms with van der Waals surface area (Å²) >= 11 is 0. The van der Waals surface area contributed by atoms with Crippen LogP contribution in [0.5, 0.6) is 0 Å². The first-order valence-electron chi connectivity index (χ1n) is 17.3. The average Bonchev–Trinajstić information content (AvgIpc) is 3.48. The van der Waals surface area contributed by atoms with Gasteiger partial charge < -0.3 is 29.1 Å². The van der Waals surface area contributed by atoms with E-state index in [1.54, 1.807) is 91.0 Å². The van der Waals surface area contributed by atoms with Crippen molar-refractivity contribution < 1.29 is 57.3 Å². The quantitative estimate of drug-likeness (QED) is 0.103. The van der Waals surface area contributed by atoms with Crippen molar-refractivity contribution in [1.82, 2.24) is 10.4 Å². The molecule has 3 amide bonds. The molecule has 1 aliphatic heterocycles. The minimum Gasteiger partial charge on any atom is -0.462 e. The highest BCUT2D eigenvalue weighted by Crippen LogP contribution is 2.34. The molecule has 0 radical (unpaired) electrons. The Bertz CT molecular complexity index is 1750. The van der Waals surface area contributed by atoms with Crippen molar-refractivity contribution in [1.29, 1.82) is 0 Å². The summed E-state index contributed by atoms with van der Waals surface area (Å²) in [6.45, 7) is 1.10.